The molecular formula is C15H16FN3O. The van der Waals surface area contributed by atoms with Gasteiger partial charge in [-0.05, 0) is 42.3 Å². The van der Waals surface area contributed by atoms with Crippen LogP contribution in [0.15, 0.2) is 30.5 Å². The lowest BCUT2D eigenvalue weighted by atomic mass is 9.99. The number of hydrogen-bond acceptors (Lipinski definition) is 2. The minimum atomic E-state index is -0.313. The summed E-state index contributed by atoms with van der Waals surface area (Å²) in [4.78, 5) is 12.1. The fourth-order valence-electron chi connectivity index (χ4n) is 2.51. The van der Waals surface area contributed by atoms with Gasteiger partial charge in [0.15, 0.2) is 0 Å². The number of hydrogen-bond donors (Lipinski definition) is 2. The van der Waals surface area contributed by atoms with Crippen LogP contribution in [0.1, 0.15) is 21.6 Å². The summed E-state index contributed by atoms with van der Waals surface area (Å²) in [5.41, 5.74) is 2.42. The molecule has 0 saturated heterocycles. The first kappa shape index (κ1) is 12.9. The maximum Gasteiger partial charge on any atom is 0.272 e. The van der Waals surface area contributed by atoms with E-state index in [1.807, 2.05) is 6.07 Å². The predicted octanol–water partition coefficient (Wildman–Crippen LogP) is 2.06. The standard InChI is InChI=1S/C15H16FN3O/c1-19-8-2-3-13(19)15(20)18-12-5-4-10-9-17-7-6-11(10)14(12)16/h2-5,8,17H,6-7,9H2,1H3,(H,18,20). The molecular weight excluding hydrogens is 257 g/mol. The van der Waals surface area contributed by atoms with Gasteiger partial charge in [-0.3, -0.25) is 4.79 Å². The number of aromatic nitrogens is 1. The Morgan fingerprint density at radius 3 is 3.00 bits per heavy atom. The third-order valence-corrected chi connectivity index (χ3v) is 3.63. The number of carbonyl (C=O) groups is 1. The summed E-state index contributed by atoms with van der Waals surface area (Å²) in [6.45, 7) is 1.44. The Labute approximate surface area is 116 Å². The molecule has 2 N–H and O–H groups in total. The molecule has 0 fully saturated rings. The Hall–Kier alpha value is -2.14. The van der Waals surface area contributed by atoms with Gasteiger partial charge in [-0.2, -0.15) is 0 Å². The number of nitrogens with zero attached hydrogens (tertiary/aromatic N) is 1. The van der Waals surface area contributed by atoms with Crippen molar-refractivity contribution in [1.82, 2.24) is 9.88 Å². The van der Waals surface area contributed by atoms with Crippen LogP contribution in [0.4, 0.5) is 10.1 Å². The third kappa shape index (κ3) is 2.20. The van der Waals surface area contributed by atoms with E-state index in [0.717, 1.165) is 12.1 Å². The number of amides is 1. The topological polar surface area (TPSA) is 46.1 Å². The lowest BCUT2D eigenvalue weighted by molar-refractivity contribution is 0.101. The first-order chi connectivity index (χ1) is 9.66. The first-order valence-corrected chi connectivity index (χ1v) is 6.60. The molecule has 0 aliphatic carbocycles. The van der Waals surface area contributed by atoms with Crippen molar-refractivity contribution in [3.05, 3.63) is 53.1 Å². The number of aryl methyl sites for hydroxylation is 1. The van der Waals surface area contributed by atoms with E-state index in [0.29, 0.717) is 24.2 Å². The van der Waals surface area contributed by atoms with Crippen molar-refractivity contribution in [2.24, 2.45) is 7.05 Å². The summed E-state index contributed by atoms with van der Waals surface area (Å²) >= 11 is 0. The molecule has 0 bridgehead atoms. The maximum absolute atomic E-state index is 14.4. The van der Waals surface area contributed by atoms with Crippen molar-refractivity contribution < 1.29 is 9.18 Å². The fraction of sp³-hybridized carbons (Fsp3) is 0.267. The van der Waals surface area contributed by atoms with E-state index < -0.39 is 0 Å². The Morgan fingerprint density at radius 1 is 1.40 bits per heavy atom. The average molecular weight is 273 g/mol. The minimum Gasteiger partial charge on any atom is -0.347 e. The second kappa shape index (κ2) is 5.09. The van der Waals surface area contributed by atoms with Gasteiger partial charge in [-0.15, -0.1) is 0 Å². The third-order valence-electron chi connectivity index (χ3n) is 3.63. The van der Waals surface area contributed by atoms with E-state index in [4.69, 9.17) is 0 Å². The molecule has 0 unspecified atom stereocenters. The van der Waals surface area contributed by atoms with Crippen LogP contribution in [0, 0.1) is 5.82 Å². The number of benzene rings is 1. The highest BCUT2D eigenvalue weighted by Crippen LogP contribution is 2.24. The molecule has 0 atom stereocenters. The zero-order valence-corrected chi connectivity index (χ0v) is 11.2. The molecule has 20 heavy (non-hydrogen) atoms. The molecule has 2 heterocycles. The van der Waals surface area contributed by atoms with Crippen LogP contribution in [0.2, 0.25) is 0 Å². The second-order valence-electron chi connectivity index (χ2n) is 4.95. The SMILES string of the molecule is Cn1cccc1C(=O)Nc1ccc2c(c1F)CCNC2. The number of anilines is 1. The summed E-state index contributed by atoms with van der Waals surface area (Å²) < 4.78 is 16.1. The van der Waals surface area contributed by atoms with Crippen LogP contribution in [-0.4, -0.2) is 17.0 Å². The van der Waals surface area contributed by atoms with E-state index >= 15 is 0 Å². The normalized spacial score (nSPS) is 13.9. The van der Waals surface area contributed by atoms with E-state index in [1.165, 1.54) is 0 Å². The lowest BCUT2D eigenvalue weighted by Gasteiger charge is -2.19. The molecule has 0 spiro atoms. The van der Waals surface area contributed by atoms with Crippen LogP contribution < -0.4 is 10.6 Å². The van der Waals surface area contributed by atoms with Gasteiger partial charge >= 0.3 is 0 Å². The molecule has 1 aromatic heterocycles. The first-order valence-electron chi connectivity index (χ1n) is 6.60. The zero-order chi connectivity index (χ0) is 14.1. The molecule has 1 aromatic carbocycles. The van der Waals surface area contributed by atoms with Gasteiger partial charge in [-0.25, -0.2) is 4.39 Å². The van der Waals surface area contributed by atoms with Gasteiger partial charge < -0.3 is 15.2 Å². The largest absolute Gasteiger partial charge is 0.347 e. The maximum atomic E-state index is 14.4. The molecule has 3 rings (SSSR count). The molecule has 5 heteroatoms. The number of fused-ring (bicyclic) bond motifs is 1. The zero-order valence-electron chi connectivity index (χ0n) is 11.2. The molecule has 4 nitrogen and oxygen atoms in total. The molecule has 1 aliphatic heterocycles. The Kier molecular flexibility index (Phi) is 3.28. The van der Waals surface area contributed by atoms with Gasteiger partial charge in [0.25, 0.3) is 5.91 Å². The fourth-order valence-corrected chi connectivity index (χ4v) is 2.51. The van der Waals surface area contributed by atoms with Crippen molar-refractivity contribution in [2.75, 3.05) is 11.9 Å². The van der Waals surface area contributed by atoms with Crippen molar-refractivity contribution in [2.45, 2.75) is 13.0 Å². The highest BCUT2D eigenvalue weighted by atomic mass is 19.1. The Balaban J connectivity index is 1.88. The minimum absolute atomic E-state index is 0.247. The molecule has 1 aliphatic rings. The predicted molar refractivity (Wildman–Crippen MR) is 75.2 cm³/mol. The van der Waals surface area contributed by atoms with Crippen LogP contribution in [0.5, 0.6) is 0 Å². The van der Waals surface area contributed by atoms with Crippen LogP contribution in [0.25, 0.3) is 0 Å². The molecule has 0 saturated carbocycles. The van der Waals surface area contributed by atoms with E-state index in [-0.39, 0.29) is 17.4 Å². The van der Waals surface area contributed by atoms with E-state index in [2.05, 4.69) is 10.6 Å². The average Bonchev–Trinajstić information content (AvgIpc) is 2.88. The molecule has 0 radical (unpaired) electrons. The highest BCUT2D eigenvalue weighted by Gasteiger charge is 2.18. The number of rotatable bonds is 2. The monoisotopic (exact) mass is 273 g/mol. The van der Waals surface area contributed by atoms with Gasteiger partial charge in [-0.1, -0.05) is 6.07 Å². The van der Waals surface area contributed by atoms with Crippen molar-refractivity contribution in [1.29, 1.82) is 0 Å². The number of nitrogens with one attached hydrogen (secondary N) is 2. The summed E-state index contributed by atoms with van der Waals surface area (Å²) in [5.74, 6) is -0.614. The van der Waals surface area contributed by atoms with Crippen LogP contribution >= 0.6 is 0 Å². The number of carbonyl (C=O) groups excluding carboxylic acids is 1. The second-order valence-corrected chi connectivity index (χ2v) is 4.95. The molecule has 2 aromatic rings. The summed E-state index contributed by atoms with van der Waals surface area (Å²) in [7, 11) is 1.78. The van der Waals surface area contributed by atoms with Gasteiger partial charge in [0.1, 0.15) is 11.5 Å². The summed E-state index contributed by atoms with van der Waals surface area (Å²) in [5, 5.41) is 5.85. The molecule has 1 amide bonds. The number of halogens is 1. The van der Waals surface area contributed by atoms with E-state index in [1.54, 1.807) is 36.0 Å². The van der Waals surface area contributed by atoms with Gasteiger partial charge in [0.2, 0.25) is 0 Å². The highest BCUT2D eigenvalue weighted by molar-refractivity contribution is 6.03. The smallest absolute Gasteiger partial charge is 0.272 e. The van der Waals surface area contributed by atoms with Gasteiger partial charge in [0, 0.05) is 19.8 Å². The lowest BCUT2D eigenvalue weighted by Crippen LogP contribution is -2.25. The van der Waals surface area contributed by atoms with Crippen molar-refractivity contribution in [3.63, 3.8) is 0 Å². The van der Waals surface area contributed by atoms with Crippen LogP contribution in [0.3, 0.4) is 0 Å². The van der Waals surface area contributed by atoms with Gasteiger partial charge in [0.05, 0.1) is 5.69 Å². The van der Waals surface area contributed by atoms with E-state index in [9.17, 15) is 9.18 Å². The van der Waals surface area contributed by atoms with Crippen molar-refractivity contribution in [3.8, 4) is 0 Å². The van der Waals surface area contributed by atoms with Crippen LogP contribution in [-0.2, 0) is 20.0 Å². The van der Waals surface area contributed by atoms with Crippen molar-refractivity contribution >= 4 is 11.6 Å². The Bertz CT molecular complexity index is 663. The molecule has 104 valence electrons. The quantitative estimate of drug-likeness (QED) is 0.880. The Morgan fingerprint density at radius 2 is 2.25 bits per heavy atom. The summed E-state index contributed by atoms with van der Waals surface area (Å²) in [6, 6.07) is 6.98. The summed E-state index contributed by atoms with van der Waals surface area (Å²) in [6.07, 6.45) is 2.43.